The summed E-state index contributed by atoms with van der Waals surface area (Å²) >= 11 is 0. The van der Waals surface area contributed by atoms with Crippen LogP contribution < -0.4 is 16.0 Å². The Hall–Kier alpha value is -2.60. The van der Waals surface area contributed by atoms with Crippen LogP contribution in [0, 0.1) is 4.91 Å². The number of amides is 3. The van der Waals surface area contributed by atoms with Gasteiger partial charge < -0.3 is 26.2 Å². The molecule has 1 unspecified atom stereocenters. The van der Waals surface area contributed by atoms with Gasteiger partial charge in [0.15, 0.2) is 0 Å². The fourth-order valence-corrected chi connectivity index (χ4v) is 3.63. The number of aliphatic hydroxyl groups excluding tert-OH is 2. The average Bonchev–Trinajstić information content (AvgIpc) is 3.17. The number of carbonyl (C=O) groups is 2. The molecule has 1 fully saturated rings. The van der Waals surface area contributed by atoms with Gasteiger partial charge in [0, 0.05) is 45.3 Å². The molecule has 1 aromatic rings. The van der Waals surface area contributed by atoms with Crippen LogP contribution in [0.15, 0.2) is 35.6 Å². The third-order valence-electron chi connectivity index (χ3n) is 6.35. The number of urea groups is 1. The predicted octanol–water partition coefficient (Wildman–Crippen LogP) is 2.19. The number of nitrogens with one attached hydrogen (secondary N) is 3. The summed E-state index contributed by atoms with van der Waals surface area (Å²) in [5, 5.41) is 31.2. The molecule has 11 nitrogen and oxygen atoms in total. The van der Waals surface area contributed by atoms with E-state index in [4.69, 9.17) is 10.2 Å². The van der Waals surface area contributed by atoms with E-state index in [1.165, 1.54) is 12.1 Å². The Morgan fingerprint density at radius 3 is 1.70 bits per heavy atom. The van der Waals surface area contributed by atoms with E-state index in [1.54, 1.807) is 0 Å². The topological polar surface area (TPSA) is 147 Å². The SMILES string of the molecule is CCC1(c2ccccc2)NC(=O)N(C)C1=O.CCN(CC)N=O.CC[C@@H](CO)NCCN[C@@H](CC)CO. The Labute approximate surface area is 221 Å². The fourth-order valence-electron chi connectivity index (χ4n) is 3.63. The van der Waals surface area contributed by atoms with E-state index in [0.717, 1.165) is 36.4 Å². The molecule has 212 valence electrons. The van der Waals surface area contributed by atoms with Gasteiger partial charge in [-0.2, -0.15) is 0 Å². The van der Waals surface area contributed by atoms with Crippen LogP contribution in [0.4, 0.5) is 4.79 Å². The standard InChI is InChI=1S/C12H14N2O2.C10H24N2O2.C4H10N2O/c1-3-12(9-7-5-4-6-8-9)10(15)14(2)11(16)13-12;1-3-9(7-13)11-5-6-12-10(4-2)8-14;1-3-6(4-2)5-7/h4-8H,3H2,1-2H3,(H,13,16);9-14H,3-8H2,1-2H3;3-4H2,1-2H3/t;9-,10-;/m.0./s1. The van der Waals surface area contributed by atoms with E-state index in [1.807, 2.05) is 65.0 Å². The summed E-state index contributed by atoms with van der Waals surface area (Å²) in [7, 11) is 1.50. The lowest BCUT2D eigenvalue weighted by molar-refractivity contribution is -0.130. The van der Waals surface area contributed by atoms with Gasteiger partial charge in [0.2, 0.25) is 0 Å². The summed E-state index contributed by atoms with van der Waals surface area (Å²) < 4.78 is 0. The van der Waals surface area contributed by atoms with Crippen molar-refractivity contribution >= 4 is 11.9 Å². The minimum Gasteiger partial charge on any atom is -0.395 e. The number of hydrogen-bond acceptors (Lipinski definition) is 8. The fraction of sp³-hybridized carbons (Fsp3) is 0.692. The Morgan fingerprint density at radius 1 is 0.946 bits per heavy atom. The normalized spacial score (nSPS) is 18.1. The zero-order valence-corrected chi connectivity index (χ0v) is 23.4. The number of likely N-dealkylation sites (N-methyl/N-ethyl adjacent to an activating group) is 1. The lowest BCUT2D eigenvalue weighted by Gasteiger charge is -2.25. The van der Waals surface area contributed by atoms with E-state index in [2.05, 4.69) is 21.2 Å². The van der Waals surface area contributed by atoms with Gasteiger partial charge in [0.25, 0.3) is 5.91 Å². The first-order valence-electron chi connectivity index (χ1n) is 13.2. The van der Waals surface area contributed by atoms with E-state index in [0.29, 0.717) is 19.5 Å². The lowest BCUT2D eigenvalue weighted by atomic mass is 9.87. The van der Waals surface area contributed by atoms with Crippen molar-refractivity contribution in [1.82, 2.24) is 25.9 Å². The molecule has 0 radical (unpaired) electrons. The molecule has 1 saturated heterocycles. The minimum atomic E-state index is -0.882. The number of benzene rings is 1. The largest absolute Gasteiger partial charge is 0.395 e. The molecule has 0 aliphatic carbocycles. The molecule has 0 aromatic heterocycles. The smallest absolute Gasteiger partial charge is 0.325 e. The third kappa shape index (κ3) is 11.1. The van der Waals surface area contributed by atoms with Crippen molar-refractivity contribution in [3.05, 3.63) is 40.8 Å². The first-order valence-corrected chi connectivity index (χ1v) is 13.2. The summed E-state index contributed by atoms with van der Waals surface area (Å²) in [5.74, 6) is -0.189. The van der Waals surface area contributed by atoms with E-state index >= 15 is 0 Å². The van der Waals surface area contributed by atoms with Crippen LogP contribution in [-0.4, -0.2) is 90.6 Å². The van der Waals surface area contributed by atoms with Crippen molar-refractivity contribution in [2.45, 2.75) is 71.5 Å². The number of carbonyl (C=O) groups excluding carboxylic acids is 2. The van der Waals surface area contributed by atoms with Crippen molar-refractivity contribution in [2.24, 2.45) is 5.29 Å². The summed E-state index contributed by atoms with van der Waals surface area (Å²) in [4.78, 5) is 34.4. The molecule has 37 heavy (non-hydrogen) atoms. The molecular formula is C26H48N6O5. The van der Waals surface area contributed by atoms with Crippen LogP contribution in [0.2, 0.25) is 0 Å². The maximum absolute atomic E-state index is 12.1. The van der Waals surface area contributed by atoms with Crippen molar-refractivity contribution in [1.29, 1.82) is 0 Å². The van der Waals surface area contributed by atoms with E-state index in [-0.39, 0.29) is 37.2 Å². The second-order valence-corrected chi connectivity index (χ2v) is 8.62. The Morgan fingerprint density at radius 2 is 1.43 bits per heavy atom. The van der Waals surface area contributed by atoms with Crippen LogP contribution in [0.3, 0.4) is 0 Å². The van der Waals surface area contributed by atoms with Crippen LogP contribution in [0.1, 0.15) is 59.4 Å². The summed E-state index contributed by atoms with van der Waals surface area (Å²) in [6.45, 7) is 13.2. The quantitative estimate of drug-likeness (QED) is 0.108. The first kappa shape index (κ1) is 34.4. The van der Waals surface area contributed by atoms with Gasteiger partial charge >= 0.3 is 6.03 Å². The van der Waals surface area contributed by atoms with Gasteiger partial charge in [-0.05, 0) is 38.7 Å². The lowest BCUT2D eigenvalue weighted by Crippen LogP contribution is -2.43. The highest BCUT2D eigenvalue weighted by Crippen LogP contribution is 2.31. The molecule has 1 heterocycles. The Balaban J connectivity index is 0.000000567. The van der Waals surface area contributed by atoms with Gasteiger partial charge in [-0.15, -0.1) is 4.91 Å². The number of aliphatic hydroxyl groups is 2. The van der Waals surface area contributed by atoms with Crippen LogP contribution in [0.5, 0.6) is 0 Å². The molecular weight excluding hydrogens is 476 g/mol. The minimum absolute atomic E-state index is 0.188. The van der Waals surface area contributed by atoms with Gasteiger partial charge in [-0.25, -0.2) is 4.79 Å². The van der Waals surface area contributed by atoms with Crippen molar-refractivity contribution in [2.75, 3.05) is 46.4 Å². The van der Waals surface area contributed by atoms with Gasteiger partial charge in [0.1, 0.15) is 5.54 Å². The number of nitroso groups, excluding NO2 is 1. The molecule has 11 heteroatoms. The maximum Gasteiger partial charge on any atom is 0.325 e. The molecule has 0 bridgehead atoms. The zero-order valence-electron chi connectivity index (χ0n) is 23.4. The maximum atomic E-state index is 12.1. The van der Waals surface area contributed by atoms with Gasteiger partial charge in [0.05, 0.1) is 18.5 Å². The third-order valence-corrected chi connectivity index (χ3v) is 6.35. The van der Waals surface area contributed by atoms with Crippen LogP contribution in [-0.2, 0) is 10.3 Å². The molecule has 0 spiro atoms. The molecule has 1 aromatic carbocycles. The number of hydrogen-bond donors (Lipinski definition) is 5. The van der Waals surface area contributed by atoms with Gasteiger partial charge in [-0.3, -0.25) is 14.7 Å². The molecule has 1 aliphatic rings. The molecule has 3 atom stereocenters. The molecule has 2 rings (SSSR count). The molecule has 1 aliphatic heterocycles. The highest BCUT2D eigenvalue weighted by atomic mass is 16.3. The molecule has 0 saturated carbocycles. The molecule has 3 amide bonds. The summed E-state index contributed by atoms with van der Waals surface area (Å²) in [6, 6.07) is 9.40. The second kappa shape index (κ2) is 19.5. The first-order chi connectivity index (χ1) is 17.7. The van der Waals surface area contributed by atoms with Crippen LogP contribution in [0.25, 0.3) is 0 Å². The van der Waals surface area contributed by atoms with Crippen molar-refractivity contribution in [3.63, 3.8) is 0 Å². The highest BCUT2D eigenvalue weighted by molar-refractivity contribution is 6.07. The van der Waals surface area contributed by atoms with E-state index in [9.17, 15) is 14.5 Å². The number of rotatable bonds is 14. The highest BCUT2D eigenvalue weighted by Gasteiger charge is 2.49. The predicted molar refractivity (Wildman–Crippen MR) is 147 cm³/mol. The Bertz CT molecular complexity index is 743. The van der Waals surface area contributed by atoms with Crippen molar-refractivity contribution in [3.8, 4) is 0 Å². The van der Waals surface area contributed by atoms with E-state index < -0.39 is 5.54 Å². The Kier molecular flexibility index (Phi) is 18.1. The molecule has 5 N–H and O–H groups in total. The monoisotopic (exact) mass is 524 g/mol. The summed E-state index contributed by atoms with van der Waals surface area (Å²) in [6.07, 6.45) is 2.42. The second-order valence-electron chi connectivity index (χ2n) is 8.62. The zero-order chi connectivity index (χ0) is 28.3. The number of nitrogens with zero attached hydrogens (tertiary/aromatic N) is 3. The average molecular weight is 525 g/mol. The van der Waals surface area contributed by atoms with Crippen LogP contribution >= 0.6 is 0 Å². The number of imide groups is 1. The summed E-state index contributed by atoms with van der Waals surface area (Å²) in [5.41, 5.74) is -0.0483. The van der Waals surface area contributed by atoms with Crippen molar-refractivity contribution < 1.29 is 19.8 Å². The van der Waals surface area contributed by atoms with Gasteiger partial charge in [-0.1, -0.05) is 51.1 Å².